The van der Waals surface area contributed by atoms with Gasteiger partial charge in [-0.1, -0.05) is 0 Å². The van der Waals surface area contributed by atoms with Gasteiger partial charge in [-0.25, -0.2) is 9.18 Å². The smallest absolute Gasteiger partial charge is 0.338 e. The molecule has 2 rings (SSSR count). The van der Waals surface area contributed by atoms with Crippen LogP contribution in [0.25, 0.3) is 0 Å². The molecule has 0 saturated carbocycles. The fraction of sp³-hybridized carbons (Fsp3) is 0.417. The normalized spacial score (nSPS) is 17.1. The highest BCUT2D eigenvalue weighted by Crippen LogP contribution is 2.11. The first-order valence-electron chi connectivity index (χ1n) is 5.43. The van der Waals surface area contributed by atoms with Crippen molar-refractivity contribution >= 4 is 5.97 Å². The summed E-state index contributed by atoms with van der Waals surface area (Å²) in [7, 11) is 0. The molecule has 0 unspecified atom stereocenters. The Morgan fingerprint density at radius 2 is 1.88 bits per heavy atom. The molecule has 0 spiro atoms. The molecule has 86 valence electrons. The van der Waals surface area contributed by atoms with E-state index in [0.717, 1.165) is 25.9 Å². The molecular weight excluding hydrogens is 209 g/mol. The minimum atomic E-state index is -0.369. The van der Waals surface area contributed by atoms with Gasteiger partial charge in [0.15, 0.2) is 0 Å². The van der Waals surface area contributed by atoms with E-state index in [0.29, 0.717) is 5.56 Å². The summed E-state index contributed by atoms with van der Waals surface area (Å²) in [5, 5.41) is 3.19. The summed E-state index contributed by atoms with van der Waals surface area (Å²) >= 11 is 0. The Morgan fingerprint density at radius 1 is 1.25 bits per heavy atom. The van der Waals surface area contributed by atoms with E-state index in [1.165, 1.54) is 24.3 Å². The molecule has 1 saturated heterocycles. The maximum atomic E-state index is 12.6. The van der Waals surface area contributed by atoms with Crippen LogP contribution in [-0.4, -0.2) is 25.2 Å². The molecule has 0 atom stereocenters. The molecule has 0 radical (unpaired) electrons. The molecule has 1 aromatic carbocycles. The first kappa shape index (κ1) is 11.1. The summed E-state index contributed by atoms with van der Waals surface area (Å²) in [5.41, 5.74) is 0.403. The summed E-state index contributed by atoms with van der Waals surface area (Å²) in [6.07, 6.45) is 1.67. The van der Waals surface area contributed by atoms with Gasteiger partial charge >= 0.3 is 5.97 Å². The van der Waals surface area contributed by atoms with Crippen molar-refractivity contribution in [1.82, 2.24) is 5.32 Å². The molecule has 0 bridgehead atoms. The van der Waals surface area contributed by atoms with Crippen molar-refractivity contribution in [2.45, 2.75) is 18.9 Å². The molecule has 4 heteroatoms. The van der Waals surface area contributed by atoms with Gasteiger partial charge in [0.05, 0.1) is 5.56 Å². The van der Waals surface area contributed by atoms with Gasteiger partial charge in [-0.3, -0.25) is 0 Å². The van der Waals surface area contributed by atoms with Crippen molar-refractivity contribution in [3.63, 3.8) is 0 Å². The second kappa shape index (κ2) is 5.07. The van der Waals surface area contributed by atoms with Crippen LogP contribution in [0.4, 0.5) is 4.39 Å². The maximum absolute atomic E-state index is 12.6. The van der Waals surface area contributed by atoms with Crippen molar-refractivity contribution in [1.29, 1.82) is 0 Å². The van der Waals surface area contributed by atoms with Crippen molar-refractivity contribution < 1.29 is 13.9 Å². The lowest BCUT2D eigenvalue weighted by Crippen LogP contribution is -2.33. The fourth-order valence-electron chi connectivity index (χ4n) is 1.72. The van der Waals surface area contributed by atoms with Crippen LogP contribution >= 0.6 is 0 Å². The predicted molar refractivity (Wildman–Crippen MR) is 57.7 cm³/mol. The van der Waals surface area contributed by atoms with Gasteiger partial charge < -0.3 is 10.1 Å². The average molecular weight is 223 g/mol. The van der Waals surface area contributed by atoms with E-state index in [4.69, 9.17) is 4.74 Å². The van der Waals surface area contributed by atoms with Gasteiger partial charge in [0.1, 0.15) is 11.9 Å². The Hall–Kier alpha value is -1.42. The van der Waals surface area contributed by atoms with Gasteiger partial charge in [-0.2, -0.15) is 0 Å². The van der Waals surface area contributed by atoms with Crippen LogP contribution < -0.4 is 5.32 Å². The summed E-state index contributed by atoms with van der Waals surface area (Å²) in [5.74, 6) is -0.717. The number of benzene rings is 1. The molecular formula is C12H14FNO2. The third-order valence-corrected chi connectivity index (χ3v) is 2.64. The van der Waals surface area contributed by atoms with Gasteiger partial charge in [0.25, 0.3) is 0 Å². The summed E-state index contributed by atoms with van der Waals surface area (Å²) in [6.45, 7) is 1.75. The molecule has 3 nitrogen and oxygen atoms in total. The zero-order valence-electron chi connectivity index (χ0n) is 8.91. The zero-order chi connectivity index (χ0) is 11.4. The lowest BCUT2D eigenvalue weighted by atomic mass is 10.1. The summed E-state index contributed by atoms with van der Waals surface area (Å²) in [4.78, 5) is 11.7. The van der Waals surface area contributed by atoms with Crippen LogP contribution in [0.2, 0.25) is 0 Å². The highest BCUT2D eigenvalue weighted by molar-refractivity contribution is 5.89. The first-order valence-corrected chi connectivity index (χ1v) is 5.43. The Labute approximate surface area is 93.6 Å². The average Bonchev–Trinajstić information content (AvgIpc) is 2.31. The lowest BCUT2D eigenvalue weighted by Gasteiger charge is -2.22. The molecule has 0 aliphatic carbocycles. The number of hydrogen-bond donors (Lipinski definition) is 1. The third-order valence-electron chi connectivity index (χ3n) is 2.64. The van der Waals surface area contributed by atoms with Gasteiger partial charge in [-0.15, -0.1) is 0 Å². The van der Waals surface area contributed by atoms with Crippen LogP contribution in [-0.2, 0) is 4.74 Å². The molecule has 1 heterocycles. The monoisotopic (exact) mass is 223 g/mol. The molecule has 16 heavy (non-hydrogen) atoms. The SMILES string of the molecule is O=C(OC1CCNCC1)c1ccc(F)cc1. The number of piperidine rings is 1. The second-order valence-electron chi connectivity index (χ2n) is 3.86. The van der Waals surface area contributed by atoms with Crippen molar-refractivity contribution in [3.8, 4) is 0 Å². The molecule has 1 aromatic rings. The second-order valence-corrected chi connectivity index (χ2v) is 3.86. The van der Waals surface area contributed by atoms with E-state index in [1.807, 2.05) is 0 Å². The number of esters is 1. The fourth-order valence-corrected chi connectivity index (χ4v) is 1.72. The minimum Gasteiger partial charge on any atom is -0.459 e. The summed E-state index contributed by atoms with van der Waals surface area (Å²) in [6, 6.07) is 5.41. The number of carbonyl (C=O) groups excluding carboxylic acids is 1. The zero-order valence-corrected chi connectivity index (χ0v) is 8.91. The third kappa shape index (κ3) is 2.79. The van der Waals surface area contributed by atoms with E-state index in [1.54, 1.807) is 0 Å². The van der Waals surface area contributed by atoms with E-state index >= 15 is 0 Å². The van der Waals surface area contributed by atoms with Crippen LogP contribution in [0.3, 0.4) is 0 Å². The van der Waals surface area contributed by atoms with Crippen molar-refractivity contribution in [2.24, 2.45) is 0 Å². The van der Waals surface area contributed by atoms with Crippen molar-refractivity contribution in [3.05, 3.63) is 35.6 Å². The molecule has 1 aliphatic heterocycles. The van der Waals surface area contributed by atoms with Gasteiger partial charge in [0.2, 0.25) is 0 Å². The Kier molecular flexibility index (Phi) is 3.51. The Balaban J connectivity index is 1.94. The number of nitrogens with one attached hydrogen (secondary N) is 1. The largest absolute Gasteiger partial charge is 0.459 e. The van der Waals surface area contributed by atoms with Crippen LogP contribution in [0.1, 0.15) is 23.2 Å². The van der Waals surface area contributed by atoms with Crippen LogP contribution in [0.15, 0.2) is 24.3 Å². The maximum Gasteiger partial charge on any atom is 0.338 e. The highest BCUT2D eigenvalue weighted by atomic mass is 19.1. The topological polar surface area (TPSA) is 38.3 Å². The molecule has 1 N–H and O–H groups in total. The number of rotatable bonds is 2. The quantitative estimate of drug-likeness (QED) is 0.776. The van der Waals surface area contributed by atoms with E-state index in [2.05, 4.69) is 5.32 Å². The highest BCUT2D eigenvalue weighted by Gasteiger charge is 2.18. The van der Waals surface area contributed by atoms with E-state index in [-0.39, 0.29) is 17.9 Å². The summed E-state index contributed by atoms with van der Waals surface area (Å²) < 4.78 is 18.0. The Morgan fingerprint density at radius 3 is 2.50 bits per heavy atom. The van der Waals surface area contributed by atoms with E-state index < -0.39 is 0 Å². The number of halogens is 1. The number of carbonyl (C=O) groups is 1. The molecule has 1 aliphatic rings. The molecule has 0 aromatic heterocycles. The molecule has 0 amide bonds. The number of ether oxygens (including phenoxy) is 1. The first-order chi connectivity index (χ1) is 7.75. The van der Waals surface area contributed by atoms with Crippen LogP contribution in [0, 0.1) is 5.82 Å². The van der Waals surface area contributed by atoms with Gasteiger partial charge in [0, 0.05) is 0 Å². The lowest BCUT2D eigenvalue weighted by molar-refractivity contribution is 0.0229. The van der Waals surface area contributed by atoms with Crippen LogP contribution in [0.5, 0.6) is 0 Å². The van der Waals surface area contributed by atoms with E-state index in [9.17, 15) is 9.18 Å². The number of hydrogen-bond acceptors (Lipinski definition) is 3. The minimum absolute atomic E-state index is 0.0150. The Bertz CT molecular complexity index is 358. The van der Waals surface area contributed by atoms with Crippen molar-refractivity contribution in [2.75, 3.05) is 13.1 Å². The van der Waals surface area contributed by atoms with Gasteiger partial charge in [-0.05, 0) is 50.2 Å². The molecule has 1 fully saturated rings. The standard InChI is InChI=1S/C12H14FNO2/c13-10-3-1-9(2-4-10)12(15)16-11-5-7-14-8-6-11/h1-4,11,14H,5-8H2. The predicted octanol–water partition coefficient (Wildman–Crippen LogP) is 1.73.